The van der Waals surface area contributed by atoms with E-state index in [0.29, 0.717) is 0 Å². The van der Waals surface area contributed by atoms with Gasteiger partial charge in [-0.25, -0.2) is 0 Å². The second-order valence-electron chi connectivity index (χ2n) is 13.7. The Balaban J connectivity index is 1.24. The van der Waals surface area contributed by atoms with Gasteiger partial charge in [0.05, 0.1) is 5.69 Å². The van der Waals surface area contributed by atoms with E-state index in [4.69, 9.17) is 4.42 Å². The van der Waals surface area contributed by atoms with Crippen LogP contribution in [0.3, 0.4) is 0 Å². The van der Waals surface area contributed by atoms with Gasteiger partial charge in [0.15, 0.2) is 5.58 Å². The Bertz CT molecular complexity index is 2740. The van der Waals surface area contributed by atoms with Crippen molar-refractivity contribution in [2.24, 2.45) is 0 Å². The van der Waals surface area contributed by atoms with Crippen molar-refractivity contribution in [3.05, 3.63) is 175 Å². The molecule has 2 heteroatoms. The summed E-state index contributed by atoms with van der Waals surface area (Å²) in [5, 5.41) is 7.08. The molecule has 0 bridgehead atoms. The Labute approximate surface area is 285 Å². The highest BCUT2D eigenvalue weighted by Crippen LogP contribution is 2.52. The molecule has 1 aliphatic carbocycles. The highest BCUT2D eigenvalue weighted by molar-refractivity contribution is 6.19. The van der Waals surface area contributed by atoms with Crippen LogP contribution >= 0.6 is 0 Å². The highest BCUT2D eigenvalue weighted by Gasteiger charge is 2.36. The lowest BCUT2D eigenvalue weighted by Crippen LogP contribution is -2.16. The van der Waals surface area contributed by atoms with Crippen LogP contribution in [0.15, 0.2) is 168 Å². The van der Waals surface area contributed by atoms with Gasteiger partial charge in [0, 0.05) is 32.9 Å². The molecule has 10 rings (SSSR count). The van der Waals surface area contributed by atoms with Crippen molar-refractivity contribution in [2.75, 3.05) is 4.90 Å². The minimum absolute atomic E-state index is 0.126. The van der Waals surface area contributed by atoms with Crippen molar-refractivity contribution in [3.8, 4) is 22.3 Å². The second-order valence-corrected chi connectivity index (χ2v) is 13.7. The van der Waals surface area contributed by atoms with Crippen LogP contribution in [0.5, 0.6) is 0 Å². The van der Waals surface area contributed by atoms with E-state index in [0.717, 1.165) is 44.4 Å². The number of benzene rings is 8. The van der Waals surface area contributed by atoms with Crippen LogP contribution in [0.1, 0.15) is 25.0 Å². The number of furan rings is 1. The fraction of sp³-hybridized carbons (Fsp3) is 0.0638. The molecule has 0 fully saturated rings. The van der Waals surface area contributed by atoms with E-state index < -0.39 is 0 Å². The number of hydrogen-bond acceptors (Lipinski definition) is 2. The number of fused-ring (bicyclic) bond motifs is 8. The molecule has 8 aromatic carbocycles. The number of rotatable bonds is 4. The third-order valence-corrected chi connectivity index (χ3v) is 10.6. The van der Waals surface area contributed by atoms with Gasteiger partial charge in [-0.2, -0.15) is 0 Å². The lowest BCUT2D eigenvalue weighted by Gasteiger charge is -2.29. The van der Waals surface area contributed by atoms with Gasteiger partial charge >= 0.3 is 0 Å². The van der Waals surface area contributed by atoms with Crippen LogP contribution in [0.25, 0.3) is 65.7 Å². The fourth-order valence-corrected chi connectivity index (χ4v) is 8.23. The largest absolute Gasteiger partial charge is 0.454 e. The average Bonchev–Trinajstić information content (AvgIpc) is 3.63. The minimum atomic E-state index is -0.126. The molecule has 0 amide bonds. The van der Waals surface area contributed by atoms with Gasteiger partial charge in [0.2, 0.25) is 0 Å². The molecular weight excluding hydrogens is 595 g/mol. The third-order valence-electron chi connectivity index (χ3n) is 10.6. The summed E-state index contributed by atoms with van der Waals surface area (Å²) < 4.78 is 6.80. The topological polar surface area (TPSA) is 16.4 Å². The Morgan fingerprint density at radius 1 is 0.449 bits per heavy atom. The van der Waals surface area contributed by atoms with Gasteiger partial charge in [-0.05, 0) is 85.9 Å². The summed E-state index contributed by atoms with van der Waals surface area (Å²) >= 11 is 0. The molecule has 0 unspecified atom stereocenters. The number of anilines is 3. The van der Waals surface area contributed by atoms with Crippen LogP contribution < -0.4 is 4.90 Å². The third kappa shape index (κ3) is 4.14. The van der Waals surface area contributed by atoms with E-state index >= 15 is 0 Å². The summed E-state index contributed by atoms with van der Waals surface area (Å²) in [7, 11) is 0. The van der Waals surface area contributed by atoms with E-state index in [9.17, 15) is 0 Å². The predicted molar refractivity (Wildman–Crippen MR) is 206 cm³/mol. The second kappa shape index (κ2) is 10.4. The fourth-order valence-electron chi connectivity index (χ4n) is 8.23. The summed E-state index contributed by atoms with van der Waals surface area (Å²) in [4.78, 5) is 2.42. The molecule has 0 aliphatic heterocycles. The number of hydrogen-bond donors (Lipinski definition) is 0. The Morgan fingerprint density at radius 3 is 1.94 bits per heavy atom. The van der Waals surface area contributed by atoms with Crippen LogP contribution in [-0.4, -0.2) is 0 Å². The van der Waals surface area contributed by atoms with E-state index in [1.807, 2.05) is 6.07 Å². The lowest BCUT2D eigenvalue weighted by molar-refractivity contribution is 0.660. The molecule has 0 radical (unpaired) electrons. The molecule has 0 spiro atoms. The molecule has 0 atom stereocenters. The average molecular weight is 628 g/mol. The van der Waals surface area contributed by atoms with E-state index in [1.165, 1.54) is 49.5 Å². The summed E-state index contributed by atoms with van der Waals surface area (Å²) in [6.07, 6.45) is 0. The maximum atomic E-state index is 6.80. The van der Waals surface area contributed by atoms with E-state index in [1.54, 1.807) is 0 Å². The first-order valence-electron chi connectivity index (χ1n) is 17.0. The van der Waals surface area contributed by atoms with Gasteiger partial charge in [-0.1, -0.05) is 141 Å². The molecule has 1 heterocycles. The SMILES string of the molecule is CC1(C)c2ccccc2-c2ccc(N(c3ccc(-c4cccc5ccccc45)cc3)c3c4ccccc4cc4c3oc3ccccc34)cc21. The molecule has 0 N–H and O–H groups in total. The van der Waals surface area contributed by atoms with E-state index in [-0.39, 0.29) is 5.41 Å². The minimum Gasteiger partial charge on any atom is -0.454 e. The molecule has 2 nitrogen and oxygen atoms in total. The number of para-hydroxylation sites is 1. The zero-order chi connectivity index (χ0) is 32.7. The first-order valence-corrected chi connectivity index (χ1v) is 17.0. The zero-order valence-electron chi connectivity index (χ0n) is 27.4. The van der Waals surface area contributed by atoms with Crippen LogP contribution in [-0.2, 0) is 5.41 Å². The van der Waals surface area contributed by atoms with Gasteiger partial charge in [-0.15, -0.1) is 0 Å². The van der Waals surface area contributed by atoms with Crippen LogP contribution in [0, 0.1) is 0 Å². The lowest BCUT2D eigenvalue weighted by atomic mass is 9.82. The molecule has 0 saturated carbocycles. The standard InChI is InChI=1S/C47H33NO/c1-47(2)42-20-9-7-17-38(42)39-27-26-34(29-43(39)47)48(33-24-22-31(23-25-33)36-19-11-14-30-12-3-5-15-35(30)36)45-37-16-6-4-13-32(37)28-41-40-18-8-10-21-44(40)49-46(41)45/h3-29H,1-2H3. The molecule has 1 aliphatic rings. The maximum absolute atomic E-state index is 6.80. The van der Waals surface area contributed by atoms with Gasteiger partial charge in [0.25, 0.3) is 0 Å². The Hall–Kier alpha value is -6.12. The zero-order valence-corrected chi connectivity index (χ0v) is 27.4. The first kappa shape index (κ1) is 27.9. The monoisotopic (exact) mass is 627 g/mol. The molecule has 49 heavy (non-hydrogen) atoms. The molecule has 0 saturated heterocycles. The van der Waals surface area contributed by atoms with Crippen molar-refractivity contribution >= 4 is 60.5 Å². The maximum Gasteiger partial charge on any atom is 0.160 e. The van der Waals surface area contributed by atoms with Gasteiger partial charge in [0.1, 0.15) is 5.58 Å². The number of nitrogens with zero attached hydrogens (tertiary/aromatic N) is 1. The molecular formula is C47H33NO. The van der Waals surface area contributed by atoms with Gasteiger partial charge in [-0.3, -0.25) is 0 Å². The molecule has 1 aromatic heterocycles. The van der Waals surface area contributed by atoms with Crippen molar-refractivity contribution in [3.63, 3.8) is 0 Å². The molecule has 9 aromatic rings. The quantitative estimate of drug-likeness (QED) is 0.193. The van der Waals surface area contributed by atoms with Crippen LogP contribution in [0.4, 0.5) is 17.1 Å². The molecule has 232 valence electrons. The summed E-state index contributed by atoms with van der Waals surface area (Å²) in [5.41, 5.74) is 12.7. The first-order chi connectivity index (χ1) is 24.1. The van der Waals surface area contributed by atoms with Crippen molar-refractivity contribution in [1.82, 2.24) is 0 Å². The smallest absolute Gasteiger partial charge is 0.160 e. The predicted octanol–water partition coefficient (Wildman–Crippen LogP) is 13.3. The normalized spacial score (nSPS) is 13.3. The van der Waals surface area contributed by atoms with Crippen molar-refractivity contribution in [2.45, 2.75) is 19.3 Å². The summed E-state index contributed by atoms with van der Waals surface area (Å²) in [6, 6.07) is 59.4. The van der Waals surface area contributed by atoms with E-state index in [2.05, 4.69) is 176 Å². The van der Waals surface area contributed by atoms with Crippen molar-refractivity contribution < 1.29 is 4.42 Å². The van der Waals surface area contributed by atoms with Crippen LogP contribution in [0.2, 0.25) is 0 Å². The highest BCUT2D eigenvalue weighted by atomic mass is 16.3. The Kier molecular flexibility index (Phi) is 5.95. The summed E-state index contributed by atoms with van der Waals surface area (Å²) in [5.74, 6) is 0. The van der Waals surface area contributed by atoms with Crippen molar-refractivity contribution in [1.29, 1.82) is 0 Å². The summed E-state index contributed by atoms with van der Waals surface area (Å²) in [6.45, 7) is 4.69. The van der Waals surface area contributed by atoms with Gasteiger partial charge < -0.3 is 9.32 Å². The Morgan fingerprint density at radius 2 is 1.08 bits per heavy atom.